The highest BCUT2D eigenvalue weighted by Gasteiger charge is 2.50. The number of aliphatic hydroxyl groups excluding tert-OH is 6. The molecule has 2 heterocycles. The minimum atomic E-state index is -1.60. The van der Waals surface area contributed by atoms with Gasteiger partial charge in [-0.3, -0.25) is 0 Å². The Morgan fingerprint density at radius 1 is 0.792 bits per heavy atom. The van der Waals surface area contributed by atoms with Crippen molar-refractivity contribution in [2.75, 3.05) is 20.3 Å². The summed E-state index contributed by atoms with van der Waals surface area (Å²) in [5.41, 5.74) is 0. The fraction of sp³-hybridized carbons (Fsp3) is 1.00. The van der Waals surface area contributed by atoms with Gasteiger partial charge in [-0.2, -0.15) is 0 Å². The Balaban J connectivity index is 2.16. The molecule has 0 saturated carbocycles. The van der Waals surface area contributed by atoms with Gasteiger partial charge in [0.15, 0.2) is 6.29 Å². The fourth-order valence-electron chi connectivity index (χ4n) is 3.03. The van der Waals surface area contributed by atoms with Crippen molar-refractivity contribution in [1.29, 1.82) is 0 Å². The first-order chi connectivity index (χ1) is 11.3. The lowest BCUT2D eigenvalue weighted by atomic mass is 9.94. The van der Waals surface area contributed by atoms with Crippen LogP contribution in [0.1, 0.15) is 6.92 Å². The molecular formula is C14H26O10. The van der Waals surface area contributed by atoms with E-state index < -0.39 is 74.4 Å². The zero-order chi connectivity index (χ0) is 18.0. The Labute approximate surface area is 139 Å². The molecule has 2 aliphatic rings. The van der Waals surface area contributed by atoms with E-state index in [4.69, 9.17) is 18.9 Å². The number of hydrogen-bond acceptors (Lipinski definition) is 10. The van der Waals surface area contributed by atoms with Crippen LogP contribution in [0, 0.1) is 0 Å². The molecule has 0 radical (unpaired) electrons. The molecule has 0 aromatic carbocycles. The molecule has 2 fully saturated rings. The predicted octanol–water partition coefficient (Wildman–Crippen LogP) is -3.67. The van der Waals surface area contributed by atoms with Crippen LogP contribution >= 0.6 is 0 Å². The Morgan fingerprint density at radius 2 is 1.42 bits per heavy atom. The minimum absolute atomic E-state index is 0.432. The quantitative estimate of drug-likeness (QED) is 0.290. The summed E-state index contributed by atoms with van der Waals surface area (Å²) in [6.45, 7) is 0.588. The van der Waals surface area contributed by atoms with Gasteiger partial charge in [-0.15, -0.1) is 0 Å². The minimum Gasteiger partial charge on any atom is -0.394 e. The molecule has 0 aromatic rings. The molecule has 2 aliphatic heterocycles. The van der Waals surface area contributed by atoms with E-state index >= 15 is 0 Å². The van der Waals surface area contributed by atoms with Crippen LogP contribution in [-0.2, 0) is 18.9 Å². The van der Waals surface area contributed by atoms with Crippen molar-refractivity contribution in [1.82, 2.24) is 0 Å². The lowest BCUT2D eigenvalue weighted by Gasteiger charge is -2.46. The van der Waals surface area contributed by atoms with Crippen molar-refractivity contribution in [3.05, 3.63) is 0 Å². The zero-order valence-electron chi connectivity index (χ0n) is 13.5. The van der Waals surface area contributed by atoms with Crippen molar-refractivity contribution >= 4 is 0 Å². The maximum atomic E-state index is 10.2. The molecule has 10 heteroatoms. The van der Waals surface area contributed by atoms with Gasteiger partial charge in [0.1, 0.15) is 48.8 Å². The Hall–Kier alpha value is -0.400. The van der Waals surface area contributed by atoms with E-state index in [1.807, 2.05) is 0 Å². The zero-order valence-corrected chi connectivity index (χ0v) is 13.5. The third-order valence-corrected chi connectivity index (χ3v) is 4.49. The van der Waals surface area contributed by atoms with Crippen LogP contribution in [0.5, 0.6) is 0 Å². The first-order valence-electron chi connectivity index (χ1n) is 7.78. The van der Waals surface area contributed by atoms with E-state index in [2.05, 4.69) is 0 Å². The summed E-state index contributed by atoms with van der Waals surface area (Å²) >= 11 is 0. The van der Waals surface area contributed by atoms with Gasteiger partial charge in [-0.1, -0.05) is 0 Å². The van der Waals surface area contributed by atoms with Crippen molar-refractivity contribution in [3.63, 3.8) is 0 Å². The van der Waals surface area contributed by atoms with Gasteiger partial charge in [-0.25, -0.2) is 0 Å². The summed E-state index contributed by atoms with van der Waals surface area (Å²) in [4.78, 5) is 0. The number of methoxy groups -OCH3 is 1. The Morgan fingerprint density at radius 3 is 1.96 bits per heavy atom. The molecule has 0 spiro atoms. The van der Waals surface area contributed by atoms with Crippen LogP contribution in [0.25, 0.3) is 0 Å². The van der Waals surface area contributed by atoms with Crippen molar-refractivity contribution in [3.8, 4) is 0 Å². The Kier molecular flexibility index (Phi) is 6.90. The number of hydrogen-bond donors (Lipinski definition) is 6. The highest BCUT2D eigenvalue weighted by atomic mass is 16.7. The first-order valence-corrected chi connectivity index (χ1v) is 7.78. The molecule has 2 rings (SSSR count). The lowest BCUT2D eigenvalue weighted by Crippen LogP contribution is -2.64. The molecule has 2 saturated heterocycles. The van der Waals surface area contributed by atoms with Crippen LogP contribution < -0.4 is 0 Å². The highest BCUT2D eigenvalue weighted by molar-refractivity contribution is 4.95. The summed E-state index contributed by atoms with van der Waals surface area (Å²) in [5, 5.41) is 58.5. The average molecular weight is 354 g/mol. The molecule has 10 atom stereocenters. The Bertz CT molecular complexity index is 394. The van der Waals surface area contributed by atoms with Gasteiger partial charge in [-0.05, 0) is 6.92 Å². The van der Waals surface area contributed by atoms with E-state index in [-0.39, 0.29) is 0 Å². The summed E-state index contributed by atoms with van der Waals surface area (Å²) in [5.74, 6) is 0. The number of ether oxygens (including phenoxy) is 4. The van der Waals surface area contributed by atoms with E-state index in [1.54, 1.807) is 6.92 Å². The average Bonchev–Trinajstić information content (AvgIpc) is 2.58. The molecule has 0 bridgehead atoms. The maximum absolute atomic E-state index is 10.2. The summed E-state index contributed by atoms with van der Waals surface area (Å²) in [7, 11) is 1.35. The van der Waals surface area contributed by atoms with Crippen LogP contribution in [-0.4, -0.2) is 112 Å². The third kappa shape index (κ3) is 3.73. The van der Waals surface area contributed by atoms with Crippen LogP contribution in [0.3, 0.4) is 0 Å². The van der Waals surface area contributed by atoms with E-state index in [9.17, 15) is 30.6 Å². The molecule has 7 unspecified atom stereocenters. The highest BCUT2D eigenvalue weighted by Crippen LogP contribution is 2.30. The fourth-order valence-corrected chi connectivity index (χ4v) is 3.03. The summed E-state index contributed by atoms with van der Waals surface area (Å²) in [6, 6.07) is 0. The van der Waals surface area contributed by atoms with E-state index in [0.29, 0.717) is 0 Å². The van der Waals surface area contributed by atoms with E-state index in [1.165, 1.54) is 7.11 Å². The van der Waals surface area contributed by atoms with Crippen molar-refractivity contribution in [2.45, 2.75) is 68.1 Å². The van der Waals surface area contributed by atoms with Crippen LogP contribution in [0.15, 0.2) is 0 Å². The van der Waals surface area contributed by atoms with Gasteiger partial charge in [0.05, 0.1) is 19.3 Å². The lowest BCUT2D eigenvalue weighted by molar-refractivity contribution is -0.342. The van der Waals surface area contributed by atoms with E-state index in [0.717, 1.165) is 0 Å². The van der Waals surface area contributed by atoms with Crippen LogP contribution in [0.2, 0.25) is 0 Å². The molecule has 10 nitrogen and oxygen atoms in total. The standard InChI is InChI=1S/C14H26O10/c1-5-8(17)13(21-2)12(7(4-16)22-5)24-14-11(20)10(19)9(18)6(3-15)23-14/h5-20H,3-4H2,1-2H3/t5?,6?,7?,8?,9-,10?,11?,12-,13?,14+/m0/s1. The molecule has 6 N–H and O–H groups in total. The van der Waals surface area contributed by atoms with Crippen molar-refractivity contribution < 1.29 is 49.6 Å². The smallest absolute Gasteiger partial charge is 0.187 e. The van der Waals surface area contributed by atoms with Crippen molar-refractivity contribution in [2.24, 2.45) is 0 Å². The monoisotopic (exact) mass is 354 g/mol. The SMILES string of the molecule is COC1C(O)C(C)OC(CO)[C@@H]1O[C@H]1OC(CO)[C@H](O)C(O)C1O. The summed E-state index contributed by atoms with van der Waals surface area (Å²) in [6.07, 6.45) is -11.7. The van der Waals surface area contributed by atoms with Gasteiger partial charge < -0.3 is 49.6 Å². The van der Waals surface area contributed by atoms with Gasteiger partial charge in [0.25, 0.3) is 0 Å². The third-order valence-electron chi connectivity index (χ3n) is 4.49. The largest absolute Gasteiger partial charge is 0.394 e. The maximum Gasteiger partial charge on any atom is 0.187 e. The second-order valence-corrected chi connectivity index (χ2v) is 6.05. The molecule has 142 valence electrons. The van der Waals surface area contributed by atoms with Gasteiger partial charge in [0.2, 0.25) is 0 Å². The molecule has 24 heavy (non-hydrogen) atoms. The first kappa shape index (κ1) is 19.9. The second-order valence-electron chi connectivity index (χ2n) is 6.05. The molecule has 0 aromatic heterocycles. The molecule has 0 aliphatic carbocycles. The topological polar surface area (TPSA) is 158 Å². The number of rotatable bonds is 5. The van der Waals surface area contributed by atoms with Gasteiger partial charge in [0, 0.05) is 7.11 Å². The van der Waals surface area contributed by atoms with Crippen LogP contribution in [0.4, 0.5) is 0 Å². The summed E-state index contributed by atoms with van der Waals surface area (Å²) < 4.78 is 21.6. The molecule has 0 amide bonds. The normalized spacial score (nSPS) is 50.0. The van der Waals surface area contributed by atoms with Gasteiger partial charge >= 0.3 is 0 Å². The number of aliphatic hydroxyl groups is 6. The predicted molar refractivity (Wildman–Crippen MR) is 76.9 cm³/mol. The molecular weight excluding hydrogens is 328 g/mol. The second kappa shape index (κ2) is 8.32.